The summed E-state index contributed by atoms with van der Waals surface area (Å²) in [5.41, 5.74) is -17.0. The molecule has 0 unspecified atom stereocenters. The number of likely N-dealkylation sites (N-methyl/N-ethyl adjacent to an activating group) is 1. The number of aliphatic hydroxyl groups excluding tert-OH is 4. The van der Waals surface area contributed by atoms with Gasteiger partial charge in [-0.25, -0.2) is 4.79 Å². The maximum Gasteiger partial charge on any atom is 0.368 e. The van der Waals surface area contributed by atoms with Crippen molar-refractivity contribution in [2.75, 3.05) is 31.8 Å². The molecule has 0 aliphatic rings. The minimum absolute atomic E-state index is 0.0134. The third-order valence-electron chi connectivity index (χ3n) is 6.70. The van der Waals surface area contributed by atoms with E-state index in [2.05, 4.69) is 0 Å². The highest BCUT2D eigenvalue weighted by Gasteiger charge is 2.53. The van der Waals surface area contributed by atoms with Crippen molar-refractivity contribution < 1.29 is 64.7 Å². The predicted molar refractivity (Wildman–Crippen MR) is 154 cm³/mol. The van der Waals surface area contributed by atoms with Gasteiger partial charge in [0.15, 0.2) is 0 Å². The molecule has 0 spiro atoms. The van der Waals surface area contributed by atoms with E-state index in [1.807, 2.05) is 0 Å². The van der Waals surface area contributed by atoms with Gasteiger partial charge in [0.25, 0.3) is 11.4 Å². The Balaban J connectivity index is 3.24. The van der Waals surface area contributed by atoms with Crippen molar-refractivity contribution in [3.63, 3.8) is 0 Å². The predicted octanol–water partition coefficient (Wildman–Crippen LogP) is -0.510. The van der Waals surface area contributed by atoms with Crippen molar-refractivity contribution in [3.05, 3.63) is 85.0 Å². The van der Waals surface area contributed by atoms with Crippen molar-refractivity contribution >= 4 is 51.5 Å². The summed E-state index contributed by atoms with van der Waals surface area (Å²) in [5.74, 6) is -2.35. The van der Waals surface area contributed by atoms with E-state index in [0.717, 1.165) is 4.90 Å². The monoisotopic (exact) mass is 704 g/mol. The first-order valence-corrected chi connectivity index (χ1v) is 12.9. The Morgan fingerprint density at radius 2 is 1.10 bits per heavy atom. The second kappa shape index (κ2) is 15.2. The fraction of sp³-hybridized carbons (Fsp3) is 0.409. The van der Waals surface area contributed by atoms with Gasteiger partial charge in [-0.2, -0.15) is 0 Å². The van der Waals surface area contributed by atoms with Gasteiger partial charge in [0.2, 0.25) is 17.0 Å². The van der Waals surface area contributed by atoms with Crippen LogP contribution in [0, 0.1) is 60.7 Å². The van der Waals surface area contributed by atoms with Crippen LogP contribution >= 0.6 is 0 Å². The quantitative estimate of drug-likeness (QED) is 0.102. The normalized spacial score (nSPS) is 14.2. The van der Waals surface area contributed by atoms with Crippen LogP contribution in [0.5, 0.6) is 0 Å². The maximum absolute atomic E-state index is 13.8. The number of carbonyl (C=O) groups excluding carboxylic acids is 1. The minimum Gasteiger partial charge on any atom is -0.394 e. The molecular formula is C22H24N8O19. The van der Waals surface area contributed by atoms with E-state index in [1.165, 1.54) is 14.0 Å². The van der Waals surface area contributed by atoms with Gasteiger partial charge in [-0.15, -0.1) is 5.06 Å². The molecule has 0 aliphatic heterocycles. The van der Waals surface area contributed by atoms with Crippen LogP contribution in [0.25, 0.3) is 0 Å². The van der Waals surface area contributed by atoms with Crippen molar-refractivity contribution in [3.8, 4) is 0 Å². The number of benzene rings is 2. The van der Waals surface area contributed by atoms with Crippen LogP contribution in [0.3, 0.4) is 0 Å². The van der Waals surface area contributed by atoms with Crippen LogP contribution in [0.1, 0.15) is 6.92 Å². The molecule has 0 heterocycles. The smallest absolute Gasteiger partial charge is 0.368 e. The number of nitrogens with zero attached hydrogens (tertiary/aromatic N) is 8. The summed E-state index contributed by atoms with van der Waals surface area (Å²) >= 11 is 0. The van der Waals surface area contributed by atoms with Crippen molar-refractivity contribution in [1.82, 2.24) is 4.90 Å². The molecule has 0 radical (unpaired) electrons. The first kappa shape index (κ1) is 39.1. The highest BCUT2D eigenvalue weighted by Crippen LogP contribution is 2.50. The Morgan fingerprint density at radius 3 is 1.37 bits per heavy atom. The first-order valence-electron chi connectivity index (χ1n) is 12.9. The van der Waals surface area contributed by atoms with Gasteiger partial charge in [-0.1, -0.05) is 6.92 Å². The van der Waals surface area contributed by atoms with Gasteiger partial charge in [-0.05, 0) is 13.6 Å². The van der Waals surface area contributed by atoms with E-state index in [0.29, 0.717) is 0 Å². The van der Waals surface area contributed by atoms with E-state index in [4.69, 9.17) is 4.84 Å². The van der Waals surface area contributed by atoms with Crippen LogP contribution in [0.15, 0.2) is 24.3 Å². The fourth-order valence-electron chi connectivity index (χ4n) is 4.13. The minimum atomic E-state index is -3.59. The zero-order valence-electron chi connectivity index (χ0n) is 24.7. The summed E-state index contributed by atoms with van der Waals surface area (Å²) in [6, 6.07) is 0.0535. The molecule has 0 saturated heterocycles. The van der Waals surface area contributed by atoms with Crippen LogP contribution in [0.2, 0.25) is 0 Å². The zero-order valence-corrected chi connectivity index (χ0v) is 24.7. The Hall–Kier alpha value is -6.13. The number of nitro benzene ring substituents is 6. The highest BCUT2D eigenvalue weighted by molar-refractivity contribution is 5.92. The SMILES string of the molecule is CCN(C)C[C@@](O)(C(=O)ON(c1c([N+](=O)[O-])cc([N+](=O)[O-])cc1[N+](=O)[O-])c1c([N+](=O)[O-])cc([N+](=O)[O-])cc1[N+](=O)[O-])[C@@H](O)[C@H](O)[C@H](O)CO. The zero-order chi connectivity index (χ0) is 37.7. The number of hydrogen-bond donors (Lipinski definition) is 5. The molecular weight excluding hydrogens is 680 g/mol. The van der Waals surface area contributed by atoms with Crippen LogP contribution in [-0.2, 0) is 9.63 Å². The lowest BCUT2D eigenvalue weighted by Gasteiger charge is -2.37. The molecule has 49 heavy (non-hydrogen) atoms. The van der Waals surface area contributed by atoms with Gasteiger partial charge < -0.3 is 35.3 Å². The van der Waals surface area contributed by atoms with Crippen molar-refractivity contribution in [2.45, 2.75) is 30.8 Å². The van der Waals surface area contributed by atoms with E-state index in [-0.39, 0.29) is 30.8 Å². The standard InChI is InChI=1S/C22H24N8O19/c1-3-23(2)9-22(36,20(34)19(33)16(32)8-31)21(35)49-24(17-12(27(41)42)4-10(25(37)38)5-13(17)28(43)44)18-14(29(45)46)6-11(26(39)40)7-15(18)30(47)48/h4-7,16,19-20,31-34,36H,3,8-9H2,1-2H3/t16-,19-,20+,22+/m1/s1. The van der Waals surface area contributed by atoms with Gasteiger partial charge in [0.1, 0.15) is 18.3 Å². The molecule has 27 nitrogen and oxygen atoms in total. The molecule has 0 fully saturated rings. The molecule has 2 aromatic rings. The lowest BCUT2D eigenvalue weighted by atomic mass is 9.89. The number of aliphatic hydroxyl groups is 5. The molecule has 0 amide bonds. The summed E-state index contributed by atoms with van der Waals surface area (Å²) in [6.07, 6.45) is -7.81. The second-order valence-electron chi connectivity index (χ2n) is 9.82. The van der Waals surface area contributed by atoms with E-state index in [9.17, 15) is 91.0 Å². The Bertz CT molecular complexity index is 1540. The van der Waals surface area contributed by atoms with E-state index >= 15 is 0 Å². The molecule has 27 heteroatoms. The summed E-state index contributed by atoms with van der Waals surface area (Å²) < 4.78 is 0. The van der Waals surface area contributed by atoms with Gasteiger partial charge in [0.05, 0.1) is 60.4 Å². The Kier molecular flexibility index (Phi) is 12.1. The third-order valence-corrected chi connectivity index (χ3v) is 6.70. The van der Waals surface area contributed by atoms with E-state index in [1.54, 1.807) is 0 Å². The van der Waals surface area contributed by atoms with Crippen molar-refractivity contribution in [1.29, 1.82) is 0 Å². The van der Waals surface area contributed by atoms with Gasteiger partial charge in [-0.3, -0.25) is 60.7 Å². The Morgan fingerprint density at radius 1 is 0.755 bits per heavy atom. The lowest BCUT2D eigenvalue weighted by molar-refractivity contribution is -0.403. The molecule has 0 bridgehead atoms. The van der Waals surface area contributed by atoms with E-state index < -0.39 is 123 Å². The summed E-state index contributed by atoms with van der Waals surface area (Å²) in [5, 5.41) is 122. The molecule has 0 saturated carbocycles. The lowest BCUT2D eigenvalue weighted by Crippen LogP contribution is -2.63. The highest BCUT2D eigenvalue weighted by atomic mass is 16.7. The topological polar surface area (TPSA) is 393 Å². The molecule has 2 rings (SSSR count). The van der Waals surface area contributed by atoms with Gasteiger partial charge in [0, 0.05) is 6.54 Å². The fourth-order valence-corrected chi connectivity index (χ4v) is 4.13. The van der Waals surface area contributed by atoms with Crippen LogP contribution in [0.4, 0.5) is 45.5 Å². The summed E-state index contributed by atoms with van der Waals surface area (Å²) in [7, 11) is 1.18. The largest absolute Gasteiger partial charge is 0.394 e. The average molecular weight is 704 g/mol. The number of nitro groups is 6. The molecule has 0 aromatic heterocycles. The number of hydrogen-bond acceptors (Lipinski definition) is 21. The number of carbonyl (C=O) groups is 1. The van der Waals surface area contributed by atoms with Gasteiger partial charge >= 0.3 is 28.7 Å². The summed E-state index contributed by atoms with van der Waals surface area (Å²) in [4.78, 5) is 82.0. The Labute approximate surface area is 269 Å². The third kappa shape index (κ3) is 8.06. The molecule has 2 aromatic carbocycles. The van der Waals surface area contributed by atoms with Crippen LogP contribution in [-0.4, -0.2) is 117 Å². The molecule has 4 atom stereocenters. The number of rotatable bonds is 17. The molecule has 5 N–H and O–H groups in total. The number of non-ortho nitro benzene ring substituents is 2. The molecule has 266 valence electrons. The maximum atomic E-state index is 13.8. The second-order valence-corrected chi connectivity index (χ2v) is 9.82. The summed E-state index contributed by atoms with van der Waals surface area (Å²) in [6.45, 7) is -1.08. The van der Waals surface area contributed by atoms with Crippen LogP contribution < -0.4 is 5.06 Å². The number of anilines is 2. The first-order chi connectivity index (χ1) is 22.6. The molecule has 0 aliphatic carbocycles. The van der Waals surface area contributed by atoms with Crippen molar-refractivity contribution in [2.24, 2.45) is 0 Å². The average Bonchev–Trinajstić information content (AvgIpc) is 3.04.